The van der Waals surface area contributed by atoms with Crippen LogP contribution in [0.25, 0.3) is 0 Å². The molecule has 104 valence electrons. The molecule has 2 rings (SSSR count). The number of rotatable bonds is 4. The Labute approximate surface area is 114 Å². The second kappa shape index (κ2) is 6.68. The van der Waals surface area contributed by atoms with Crippen LogP contribution >= 0.6 is 0 Å². The highest BCUT2D eigenvalue weighted by Crippen LogP contribution is 2.17. The van der Waals surface area contributed by atoms with Gasteiger partial charge in [-0.2, -0.15) is 0 Å². The Kier molecular flexibility index (Phi) is 4.93. The molecule has 0 spiro atoms. The van der Waals surface area contributed by atoms with Gasteiger partial charge in [0.25, 0.3) is 0 Å². The topological polar surface area (TPSA) is 47.6 Å². The molecule has 1 aromatic carbocycles. The maximum absolute atomic E-state index is 11.9. The number of ether oxygens (including phenoxy) is 2. The summed E-state index contributed by atoms with van der Waals surface area (Å²) in [4.78, 5) is 11.9. The molecule has 0 aromatic heterocycles. The summed E-state index contributed by atoms with van der Waals surface area (Å²) in [5, 5.41) is 2.90. The lowest BCUT2D eigenvalue weighted by Crippen LogP contribution is -2.35. The van der Waals surface area contributed by atoms with Crippen molar-refractivity contribution in [1.82, 2.24) is 0 Å². The first-order valence-corrected chi connectivity index (χ1v) is 6.71. The fraction of sp³-hybridized carbons (Fsp3) is 0.533. The van der Waals surface area contributed by atoms with Crippen LogP contribution in [0.15, 0.2) is 24.3 Å². The van der Waals surface area contributed by atoms with Crippen LogP contribution in [0.1, 0.15) is 18.9 Å². The molecular weight excluding hydrogens is 242 g/mol. The molecule has 2 atom stereocenters. The number of aryl methyl sites for hydroxylation is 1. The van der Waals surface area contributed by atoms with Gasteiger partial charge in [-0.05, 0) is 25.0 Å². The lowest BCUT2D eigenvalue weighted by Gasteiger charge is -2.27. The van der Waals surface area contributed by atoms with Crippen molar-refractivity contribution in [2.24, 2.45) is 5.92 Å². The summed E-state index contributed by atoms with van der Waals surface area (Å²) in [5.74, 6) is 0.177. The van der Waals surface area contributed by atoms with Gasteiger partial charge in [0.15, 0.2) is 0 Å². The van der Waals surface area contributed by atoms with E-state index in [1.165, 1.54) is 5.56 Å². The van der Waals surface area contributed by atoms with Crippen LogP contribution in [0.4, 0.5) is 5.69 Å². The van der Waals surface area contributed by atoms with Crippen molar-refractivity contribution in [3.05, 3.63) is 29.8 Å². The van der Waals surface area contributed by atoms with Gasteiger partial charge in [0.05, 0.1) is 25.9 Å². The minimum Gasteiger partial charge on any atom is -0.376 e. The van der Waals surface area contributed by atoms with E-state index in [2.05, 4.69) is 5.32 Å². The first-order chi connectivity index (χ1) is 9.15. The molecule has 0 radical (unpaired) electrons. The van der Waals surface area contributed by atoms with Crippen LogP contribution in [0, 0.1) is 12.8 Å². The number of anilines is 1. The Hall–Kier alpha value is -1.39. The summed E-state index contributed by atoms with van der Waals surface area (Å²) >= 11 is 0. The minimum atomic E-state index is 0.0190. The van der Waals surface area contributed by atoms with E-state index in [9.17, 15) is 4.79 Å². The van der Waals surface area contributed by atoms with Crippen LogP contribution in [-0.4, -0.2) is 31.8 Å². The van der Waals surface area contributed by atoms with Gasteiger partial charge in [-0.1, -0.05) is 24.6 Å². The third kappa shape index (κ3) is 4.33. The predicted molar refractivity (Wildman–Crippen MR) is 74.1 cm³/mol. The number of carbonyl (C=O) groups is 1. The molecule has 4 nitrogen and oxygen atoms in total. The van der Waals surface area contributed by atoms with Crippen molar-refractivity contribution >= 4 is 11.6 Å². The standard InChI is InChI=1S/C15H21NO3/c1-11-3-5-13(6-4-11)16-15(17)9-12(2)14-10-18-7-8-19-14/h3-6,12,14H,7-10H2,1-2H3,(H,16,17)/t12-,14+/m0/s1. The molecule has 1 aliphatic heterocycles. The van der Waals surface area contributed by atoms with Crippen molar-refractivity contribution in [3.8, 4) is 0 Å². The minimum absolute atomic E-state index is 0.0190. The number of hydrogen-bond acceptors (Lipinski definition) is 3. The van der Waals surface area contributed by atoms with E-state index in [1.807, 2.05) is 38.1 Å². The Bertz CT molecular complexity index is 410. The summed E-state index contributed by atoms with van der Waals surface area (Å²) in [6, 6.07) is 7.80. The van der Waals surface area contributed by atoms with Gasteiger partial charge in [-0.3, -0.25) is 4.79 Å². The number of amides is 1. The van der Waals surface area contributed by atoms with Crippen molar-refractivity contribution in [2.45, 2.75) is 26.4 Å². The van der Waals surface area contributed by atoms with Gasteiger partial charge in [-0.25, -0.2) is 0 Å². The maximum atomic E-state index is 11.9. The SMILES string of the molecule is Cc1ccc(NC(=O)C[C@H](C)[C@H]2COCCO2)cc1. The average Bonchev–Trinajstić information content (AvgIpc) is 2.42. The zero-order chi connectivity index (χ0) is 13.7. The summed E-state index contributed by atoms with van der Waals surface area (Å²) in [7, 11) is 0. The molecule has 19 heavy (non-hydrogen) atoms. The Morgan fingerprint density at radius 2 is 2.11 bits per heavy atom. The van der Waals surface area contributed by atoms with Gasteiger partial charge in [0.2, 0.25) is 5.91 Å². The van der Waals surface area contributed by atoms with E-state index < -0.39 is 0 Å². The van der Waals surface area contributed by atoms with Crippen molar-refractivity contribution < 1.29 is 14.3 Å². The van der Waals surface area contributed by atoms with E-state index in [-0.39, 0.29) is 17.9 Å². The van der Waals surface area contributed by atoms with Crippen LogP contribution in [-0.2, 0) is 14.3 Å². The van der Waals surface area contributed by atoms with Gasteiger partial charge in [-0.15, -0.1) is 0 Å². The summed E-state index contributed by atoms with van der Waals surface area (Å²) in [6.07, 6.45) is 0.472. The fourth-order valence-corrected chi connectivity index (χ4v) is 2.11. The van der Waals surface area contributed by atoms with E-state index in [0.29, 0.717) is 26.2 Å². The Balaban J connectivity index is 1.81. The second-order valence-electron chi connectivity index (χ2n) is 5.08. The van der Waals surface area contributed by atoms with Crippen LogP contribution in [0.3, 0.4) is 0 Å². The first kappa shape index (κ1) is 14.0. The predicted octanol–water partition coefficient (Wildman–Crippen LogP) is 2.38. The summed E-state index contributed by atoms with van der Waals surface area (Å²) < 4.78 is 11.0. The average molecular weight is 263 g/mol. The van der Waals surface area contributed by atoms with Gasteiger partial charge in [0, 0.05) is 12.1 Å². The lowest BCUT2D eigenvalue weighted by atomic mass is 10.0. The molecule has 1 aromatic rings. The number of hydrogen-bond donors (Lipinski definition) is 1. The van der Waals surface area contributed by atoms with E-state index in [4.69, 9.17) is 9.47 Å². The molecule has 0 aliphatic carbocycles. The first-order valence-electron chi connectivity index (χ1n) is 6.71. The van der Waals surface area contributed by atoms with Gasteiger partial charge in [0.1, 0.15) is 0 Å². The van der Waals surface area contributed by atoms with Crippen molar-refractivity contribution in [3.63, 3.8) is 0 Å². The molecule has 0 unspecified atom stereocenters. The molecular formula is C15H21NO3. The number of nitrogens with one attached hydrogen (secondary N) is 1. The Morgan fingerprint density at radius 3 is 2.74 bits per heavy atom. The van der Waals surface area contributed by atoms with Gasteiger partial charge >= 0.3 is 0 Å². The Morgan fingerprint density at radius 1 is 1.37 bits per heavy atom. The van der Waals surface area contributed by atoms with Gasteiger partial charge < -0.3 is 14.8 Å². The van der Waals surface area contributed by atoms with E-state index in [1.54, 1.807) is 0 Å². The van der Waals surface area contributed by atoms with Crippen molar-refractivity contribution in [2.75, 3.05) is 25.1 Å². The summed E-state index contributed by atoms with van der Waals surface area (Å²) in [5.41, 5.74) is 2.02. The molecule has 1 aliphatic rings. The largest absolute Gasteiger partial charge is 0.376 e. The number of carbonyl (C=O) groups excluding carboxylic acids is 1. The zero-order valence-corrected chi connectivity index (χ0v) is 11.5. The molecule has 1 fully saturated rings. The third-order valence-electron chi connectivity index (χ3n) is 3.32. The van der Waals surface area contributed by atoms with Crippen LogP contribution in [0.5, 0.6) is 0 Å². The highest BCUT2D eigenvalue weighted by molar-refractivity contribution is 5.90. The molecule has 1 N–H and O–H groups in total. The molecule has 4 heteroatoms. The molecule has 1 saturated heterocycles. The fourth-order valence-electron chi connectivity index (χ4n) is 2.11. The van der Waals surface area contributed by atoms with Crippen molar-refractivity contribution in [1.29, 1.82) is 0 Å². The lowest BCUT2D eigenvalue weighted by molar-refractivity contribution is -0.125. The zero-order valence-electron chi connectivity index (χ0n) is 11.5. The van der Waals surface area contributed by atoms with Crippen LogP contribution in [0.2, 0.25) is 0 Å². The quantitative estimate of drug-likeness (QED) is 0.907. The normalized spacial score (nSPS) is 20.8. The number of benzene rings is 1. The smallest absolute Gasteiger partial charge is 0.224 e. The molecule has 1 heterocycles. The van der Waals surface area contributed by atoms with Crippen LogP contribution < -0.4 is 5.32 Å². The molecule has 0 saturated carbocycles. The molecule has 1 amide bonds. The summed E-state index contributed by atoms with van der Waals surface area (Å²) in [6.45, 7) is 5.90. The highest BCUT2D eigenvalue weighted by Gasteiger charge is 2.23. The van der Waals surface area contributed by atoms with E-state index in [0.717, 1.165) is 5.69 Å². The second-order valence-corrected chi connectivity index (χ2v) is 5.08. The van der Waals surface area contributed by atoms with E-state index >= 15 is 0 Å². The maximum Gasteiger partial charge on any atom is 0.224 e. The monoisotopic (exact) mass is 263 g/mol. The molecule has 0 bridgehead atoms. The third-order valence-corrected chi connectivity index (χ3v) is 3.32. The highest BCUT2D eigenvalue weighted by atomic mass is 16.6.